The Balaban J connectivity index is 1.66. The number of benzene rings is 1. The van der Waals surface area contributed by atoms with Crippen LogP contribution >= 0.6 is 11.3 Å². The molecule has 1 N–H and O–H groups in total. The van der Waals surface area contributed by atoms with Crippen LogP contribution in [-0.2, 0) is 9.59 Å². The Hall–Kier alpha value is -2.40. The van der Waals surface area contributed by atoms with E-state index in [9.17, 15) is 9.59 Å². The molecular formula is C21H21NO3S. The fourth-order valence-corrected chi connectivity index (χ4v) is 4.76. The predicted octanol–water partition coefficient (Wildman–Crippen LogP) is 4.15. The molecule has 0 bridgehead atoms. The van der Waals surface area contributed by atoms with Gasteiger partial charge in [0.1, 0.15) is 5.75 Å². The highest BCUT2D eigenvalue weighted by Gasteiger charge is 2.38. The summed E-state index contributed by atoms with van der Waals surface area (Å²) in [4.78, 5) is 26.5. The summed E-state index contributed by atoms with van der Waals surface area (Å²) in [5.41, 5.74) is 2.61. The van der Waals surface area contributed by atoms with Gasteiger partial charge in [0.05, 0.1) is 6.61 Å². The Labute approximate surface area is 156 Å². The van der Waals surface area contributed by atoms with Gasteiger partial charge in [0.15, 0.2) is 5.78 Å². The second kappa shape index (κ2) is 7.08. The molecule has 26 heavy (non-hydrogen) atoms. The van der Waals surface area contributed by atoms with Gasteiger partial charge in [-0.3, -0.25) is 9.59 Å². The molecular weight excluding hydrogens is 346 g/mol. The summed E-state index contributed by atoms with van der Waals surface area (Å²) in [5, 5.41) is 5.01. The van der Waals surface area contributed by atoms with E-state index >= 15 is 0 Å². The van der Waals surface area contributed by atoms with Crippen LogP contribution < -0.4 is 10.1 Å². The first-order valence-corrected chi connectivity index (χ1v) is 9.86. The van der Waals surface area contributed by atoms with E-state index in [0.717, 1.165) is 29.0 Å². The predicted molar refractivity (Wildman–Crippen MR) is 101 cm³/mol. The summed E-state index contributed by atoms with van der Waals surface area (Å²) in [5.74, 6) is 0.955. The summed E-state index contributed by atoms with van der Waals surface area (Å²) < 4.78 is 5.50. The highest BCUT2D eigenvalue weighted by Crippen LogP contribution is 2.43. The first kappa shape index (κ1) is 17.0. The third-order valence-corrected chi connectivity index (χ3v) is 6.11. The first-order valence-electron chi connectivity index (χ1n) is 8.98. The fourth-order valence-electron chi connectivity index (χ4n) is 3.93. The minimum absolute atomic E-state index is 0.0118. The number of allylic oxidation sites excluding steroid dienone is 2. The van der Waals surface area contributed by atoms with E-state index in [1.807, 2.05) is 42.6 Å². The Bertz CT molecular complexity index is 852. The third-order valence-electron chi connectivity index (χ3n) is 5.08. The first-order chi connectivity index (χ1) is 12.7. The van der Waals surface area contributed by atoms with Crippen LogP contribution in [-0.4, -0.2) is 18.3 Å². The molecule has 2 aromatic rings. The van der Waals surface area contributed by atoms with Gasteiger partial charge in [-0.1, -0.05) is 18.2 Å². The SMILES string of the molecule is CCOc1ccc([C@H]2CC(=O)NC3=C2C(=O)C[C@H](c2cccs2)C3)cc1. The molecule has 0 unspecified atom stereocenters. The highest BCUT2D eigenvalue weighted by atomic mass is 32.1. The van der Waals surface area contributed by atoms with Gasteiger partial charge in [-0.2, -0.15) is 0 Å². The maximum absolute atomic E-state index is 13.0. The van der Waals surface area contributed by atoms with Gasteiger partial charge in [0.2, 0.25) is 5.91 Å². The average Bonchev–Trinajstić information content (AvgIpc) is 3.16. The number of hydrogen-bond donors (Lipinski definition) is 1. The number of ketones is 1. The largest absolute Gasteiger partial charge is 0.494 e. The van der Waals surface area contributed by atoms with Gasteiger partial charge in [-0.05, 0) is 42.5 Å². The number of rotatable bonds is 4. The molecule has 134 valence electrons. The molecule has 1 aliphatic heterocycles. The molecule has 2 atom stereocenters. The Morgan fingerprint density at radius 1 is 1.12 bits per heavy atom. The normalized spacial score (nSPS) is 22.8. The lowest BCUT2D eigenvalue weighted by Gasteiger charge is -2.34. The summed E-state index contributed by atoms with van der Waals surface area (Å²) in [6.45, 7) is 2.56. The lowest BCUT2D eigenvalue weighted by molar-refractivity contribution is -0.122. The van der Waals surface area contributed by atoms with Crippen LogP contribution in [0.2, 0.25) is 0 Å². The smallest absolute Gasteiger partial charge is 0.225 e. The topological polar surface area (TPSA) is 55.4 Å². The molecule has 0 spiro atoms. The Morgan fingerprint density at radius 3 is 2.62 bits per heavy atom. The van der Waals surface area contributed by atoms with Crippen LogP contribution in [0, 0.1) is 0 Å². The summed E-state index contributed by atoms with van der Waals surface area (Å²) in [7, 11) is 0. The number of hydrogen-bond acceptors (Lipinski definition) is 4. The second-order valence-corrected chi connectivity index (χ2v) is 7.72. The van der Waals surface area contributed by atoms with Gasteiger partial charge in [-0.15, -0.1) is 11.3 Å². The standard InChI is InChI=1S/C21H21NO3S/c1-2-25-15-7-5-13(6-8-15)16-12-20(24)22-17-10-14(11-18(23)21(16)17)19-4-3-9-26-19/h3-9,14,16H,2,10-12H2,1H3,(H,22,24)/t14-,16-/m1/s1. The molecule has 0 saturated carbocycles. The van der Waals surface area contributed by atoms with E-state index < -0.39 is 0 Å². The monoisotopic (exact) mass is 367 g/mol. The molecule has 1 amide bonds. The number of thiophene rings is 1. The quantitative estimate of drug-likeness (QED) is 0.883. The minimum atomic E-state index is -0.161. The van der Waals surface area contributed by atoms with Crippen LogP contribution in [0.15, 0.2) is 53.0 Å². The molecule has 1 aromatic carbocycles. The van der Waals surface area contributed by atoms with E-state index in [1.165, 1.54) is 4.88 Å². The van der Waals surface area contributed by atoms with Crippen molar-refractivity contribution in [1.29, 1.82) is 0 Å². The number of carbonyl (C=O) groups is 2. The molecule has 0 radical (unpaired) electrons. The molecule has 5 heteroatoms. The second-order valence-electron chi connectivity index (χ2n) is 6.74. The molecule has 0 fully saturated rings. The summed E-state index contributed by atoms with van der Waals surface area (Å²) in [6, 6.07) is 11.8. The number of Topliss-reactive ketones (excluding diaryl/α,β-unsaturated/α-hetero) is 1. The molecule has 2 heterocycles. The zero-order chi connectivity index (χ0) is 18.1. The maximum atomic E-state index is 13.0. The highest BCUT2D eigenvalue weighted by molar-refractivity contribution is 7.10. The van der Waals surface area contributed by atoms with E-state index in [0.29, 0.717) is 19.4 Å². The van der Waals surface area contributed by atoms with Gasteiger partial charge < -0.3 is 10.1 Å². The van der Waals surface area contributed by atoms with Crippen LogP contribution in [0.1, 0.15) is 48.5 Å². The van der Waals surface area contributed by atoms with Crippen molar-refractivity contribution in [3.63, 3.8) is 0 Å². The van der Waals surface area contributed by atoms with Crippen molar-refractivity contribution in [1.82, 2.24) is 5.32 Å². The third kappa shape index (κ3) is 3.19. The van der Waals surface area contributed by atoms with Crippen molar-refractivity contribution in [3.05, 3.63) is 63.5 Å². The van der Waals surface area contributed by atoms with Gasteiger partial charge in [0, 0.05) is 40.8 Å². The van der Waals surface area contributed by atoms with Crippen LogP contribution in [0.3, 0.4) is 0 Å². The number of nitrogens with one attached hydrogen (secondary N) is 1. The van der Waals surface area contributed by atoms with Crippen molar-refractivity contribution in [2.45, 2.75) is 38.0 Å². The lowest BCUT2D eigenvalue weighted by atomic mass is 9.75. The van der Waals surface area contributed by atoms with Crippen LogP contribution in [0.4, 0.5) is 0 Å². The summed E-state index contributed by atoms with van der Waals surface area (Å²) in [6.07, 6.45) is 1.56. The number of amides is 1. The molecule has 4 rings (SSSR count). The zero-order valence-corrected chi connectivity index (χ0v) is 15.5. The van der Waals surface area contributed by atoms with E-state index in [1.54, 1.807) is 11.3 Å². The van der Waals surface area contributed by atoms with Crippen LogP contribution in [0.5, 0.6) is 5.75 Å². The maximum Gasteiger partial charge on any atom is 0.225 e. The minimum Gasteiger partial charge on any atom is -0.494 e. The Morgan fingerprint density at radius 2 is 1.92 bits per heavy atom. The average molecular weight is 367 g/mol. The molecule has 4 nitrogen and oxygen atoms in total. The zero-order valence-electron chi connectivity index (χ0n) is 14.7. The van der Waals surface area contributed by atoms with Crippen LogP contribution in [0.25, 0.3) is 0 Å². The van der Waals surface area contributed by atoms with Gasteiger partial charge in [0.25, 0.3) is 0 Å². The van der Waals surface area contributed by atoms with Gasteiger partial charge >= 0.3 is 0 Å². The number of ether oxygens (including phenoxy) is 1. The molecule has 1 aromatic heterocycles. The fraction of sp³-hybridized carbons (Fsp3) is 0.333. The lowest BCUT2D eigenvalue weighted by Crippen LogP contribution is -2.38. The van der Waals surface area contributed by atoms with E-state index in [4.69, 9.17) is 4.74 Å². The van der Waals surface area contributed by atoms with E-state index in [2.05, 4.69) is 11.4 Å². The Kier molecular flexibility index (Phi) is 4.64. The van der Waals surface area contributed by atoms with E-state index in [-0.39, 0.29) is 23.5 Å². The molecule has 2 aliphatic rings. The van der Waals surface area contributed by atoms with Crippen molar-refractivity contribution >= 4 is 23.0 Å². The summed E-state index contributed by atoms with van der Waals surface area (Å²) >= 11 is 1.67. The number of carbonyl (C=O) groups excluding carboxylic acids is 2. The van der Waals surface area contributed by atoms with Crippen molar-refractivity contribution in [2.24, 2.45) is 0 Å². The molecule has 0 saturated heterocycles. The van der Waals surface area contributed by atoms with Crippen molar-refractivity contribution in [3.8, 4) is 5.75 Å². The van der Waals surface area contributed by atoms with Crippen molar-refractivity contribution < 1.29 is 14.3 Å². The van der Waals surface area contributed by atoms with Gasteiger partial charge in [-0.25, -0.2) is 0 Å². The molecule has 1 aliphatic carbocycles. The van der Waals surface area contributed by atoms with Crippen molar-refractivity contribution in [2.75, 3.05) is 6.61 Å².